The molecule has 6 nitrogen and oxygen atoms in total. The second-order valence-corrected chi connectivity index (χ2v) is 8.35. The number of pyridine rings is 1. The van der Waals surface area contributed by atoms with Crippen molar-refractivity contribution in [1.29, 1.82) is 0 Å². The van der Waals surface area contributed by atoms with Gasteiger partial charge in [-0.1, -0.05) is 32.0 Å². The van der Waals surface area contributed by atoms with Crippen LogP contribution in [0.25, 0.3) is 5.52 Å². The minimum absolute atomic E-state index is 0.0798. The van der Waals surface area contributed by atoms with E-state index in [0.29, 0.717) is 35.4 Å². The molecule has 2 heterocycles. The Balaban J connectivity index is 2.15. The molecule has 0 aliphatic heterocycles. The van der Waals surface area contributed by atoms with Crippen LogP contribution in [0.4, 0.5) is 0 Å². The van der Waals surface area contributed by atoms with Crippen LogP contribution in [0.5, 0.6) is 0 Å². The SMILES string of the molecule is CCN(CC)S(=O)(=O)c1cccc(C(=O)c2c(C)c(C=O)c3ccccn23)c1. The first kappa shape index (κ1) is 20.0. The lowest BCUT2D eigenvalue weighted by Crippen LogP contribution is -2.30. The summed E-state index contributed by atoms with van der Waals surface area (Å²) >= 11 is 0. The number of sulfonamides is 1. The van der Waals surface area contributed by atoms with Gasteiger partial charge in [-0.3, -0.25) is 9.59 Å². The van der Waals surface area contributed by atoms with Gasteiger partial charge < -0.3 is 4.40 Å². The van der Waals surface area contributed by atoms with Crippen LogP contribution < -0.4 is 0 Å². The van der Waals surface area contributed by atoms with Crippen LogP contribution in [-0.2, 0) is 10.0 Å². The first-order valence-corrected chi connectivity index (χ1v) is 10.5. The molecule has 0 amide bonds. The van der Waals surface area contributed by atoms with Crippen LogP contribution in [0.3, 0.4) is 0 Å². The van der Waals surface area contributed by atoms with Gasteiger partial charge in [0.1, 0.15) is 0 Å². The fourth-order valence-electron chi connectivity index (χ4n) is 3.43. The van der Waals surface area contributed by atoms with E-state index in [0.717, 1.165) is 6.29 Å². The molecule has 0 spiro atoms. The Morgan fingerprint density at radius 1 is 1.11 bits per heavy atom. The van der Waals surface area contributed by atoms with E-state index in [1.54, 1.807) is 61.7 Å². The summed E-state index contributed by atoms with van der Waals surface area (Å²) in [6.45, 7) is 5.96. The number of hydrogen-bond donors (Lipinski definition) is 0. The molecule has 0 unspecified atom stereocenters. The average Bonchev–Trinajstić information content (AvgIpc) is 2.99. The van der Waals surface area contributed by atoms with Crippen molar-refractivity contribution in [2.75, 3.05) is 13.1 Å². The van der Waals surface area contributed by atoms with Crippen molar-refractivity contribution in [3.05, 3.63) is 71.0 Å². The summed E-state index contributed by atoms with van der Waals surface area (Å²) < 4.78 is 28.6. The average molecular weight is 398 g/mol. The molecule has 0 radical (unpaired) electrons. The zero-order valence-corrected chi connectivity index (χ0v) is 16.9. The van der Waals surface area contributed by atoms with Crippen molar-refractivity contribution >= 4 is 27.6 Å². The monoisotopic (exact) mass is 398 g/mol. The fraction of sp³-hybridized carbons (Fsp3) is 0.238. The van der Waals surface area contributed by atoms with Gasteiger partial charge in [0.2, 0.25) is 15.8 Å². The third-order valence-electron chi connectivity index (χ3n) is 4.91. The molecule has 0 bridgehead atoms. The van der Waals surface area contributed by atoms with Gasteiger partial charge in [-0.25, -0.2) is 8.42 Å². The van der Waals surface area contributed by atoms with Gasteiger partial charge in [0, 0.05) is 30.4 Å². The maximum absolute atomic E-state index is 13.3. The van der Waals surface area contributed by atoms with Crippen LogP contribution in [-0.4, -0.2) is 42.3 Å². The first-order valence-electron chi connectivity index (χ1n) is 9.06. The molecule has 0 atom stereocenters. The number of aromatic nitrogens is 1. The molecule has 0 aliphatic rings. The molecule has 0 saturated heterocycles. The highest BCUT2D eigenvalue weighted by Crippen LogP contribution is 2.25. The molecule has 3 aromatic rings. The summed E-state index contributed by atoms with van der Waals surface area (Å²) in [6.07, 6.45) is 2.46. The van der Waals surface area contributed by atoms with Crippen LogP contribution in [0, 0.1) is 6.92 Å². The lowest BCUT2D eigenvalue weighted by atomic mass is 10.0. The van der Waals surface area contributed by atoms with E-state index >= 15 is 0 Å². The highest BCUT2D eigenvalue weighted by molar-refractivity contribution is 7.89. The number of aldehydes is 1. The smallest absolute Gasteiger partial charge is 0.243 e. The molecule has 28 heavy (non-hydrogen) atoms. The van der Waals surface area contributed by atoms with Gasteiger partial charge in [-0.2, -0.15) is 4.31 Å². The number of ketones is 1. The number of nitrogens with zero attached hydrogens (tertiary/aromatic N) is 2. The highest BCUT2D eigenvalue weighted by atomic mass is 32.2. The standard InChI is InChI=1S/C21H22N2O4S/c1-4-22(5-2)28(26,27)17-10-8-9-16(13-17)21(25)20-15(3)18(14-24)19-11-6-7-12-23(19)20/h6-14H,4-5H2,1-3H3. The Hall–Kier alpha value is -2.77. The Labute approximate surface area is 164 Å². The van der Waals surface area contributed by atoms with Crippen LogP contribution in [0.2, 0.25) is 0 Å². The normalized spacial score (nSPS) is 11.9. The number of carbonyl (C=O) groups excluding carboxylic acids is 2. The van der Waals surface area contributed by atoms with E-state index in [1.807, 2.05) is 0 Å². The van der Waals surface area contributed by atoms with Gasteiger partial charge in [-0.15, -0.1) is 0 Å². The number of benzene rings is 1. The zero-order valence-electron chi connectivity index (χ0n) is 16.0. The third-order valence-corrected chi connectivity index (χ3v) is 6.95. The Morgan fingerprint density at radius 3 is 2.46 bits per heavy atom. The van der Waals surface area contributed by atoms with Gasteiger partial charge in [0.15, 0.2) is 6.29 Å². The van der Waals surface area contributed by atoms with E-state index in [2.05, 4.69) is 0 Å². The zero-order chi connectivity index (χ0) is 20.5. The second-order valence-electron chi connectivity index (χ2n) is 6.41. The summed E-state index contributed by atoms with van der Waals surface area (Å²) in [4.78, 5) is 24.9. The van der Waals surface area contributed by atoms with Gasteiger partial charge in [0.25, 0.3) is 0 Å². The van der Waals surface area contributed by atoms with Crippen molar-refractivity contribution in [2.45, 2.75) is 25.7 Å². The Morgan fingerprint density at radius 2 is 1.82 bits per heavy atom. The molecular weight excluding hydrogens is 376 g/mol. The van der Waals surface area contributed by atoms with Crippen LogP contribution >= 0.6 is 0 Å². The number of carbonyl (C=O) groups is 2. The Kier molecular flexibility index (Phi) is 5.49. The topological polar surface area (TPSA) is 75.9 Å². The Bertz CT molecular complexity index is 1160. The lowest BCUT2D eigenvalue weighted by Gasteiger charge is -2.18. The molecule has 146 valence electrons. The van der Waals surface area contributed by atoms with Crippen molar-refractivity contribution in [3.63, 3.8) is 0 Å². The summed E-state index contributed by atoms with van der Waals surface area (Å²) in [5.41, 5.74) is 2.29. The number of rotatable bonds is 7. The molecule has 3 rings (SSSR count). The van der Waals surface area contributed by atoms with Crippen molar-refractivity contribution in [1.82, 2.24) is 8.71 Å². The predicted molar refractivity (Wildman–Crippen MR) is 108 cm³/mol. The van der Waals surface area contributed by atoms with Crippen molar-refractivity contribution in [3.8, 4) is 0 Å². The lowest BCUT2D eigenvalue weighted by molar-refractivity contribution is 0.103. The van der Waals surface area contributed by atoms with Gasteiger partial charge >= 0.3 is 0 Å². The fourth-order valence-corrected chi connectivity index (χ4v) is 4.94. The minimum atomic E-state index is -3.67. The molecule has 2 aromatic heterocycles. The number of hydrogen-bond acceptors (Lipinski definition) is 4. The number of fused-ring (bicyclic) bond motifs is 1. The first-order chi connectivity index (χ1) is 13.4. The largest absolute Gasteiger partial charge is 0.313 e. The maximum Gasteiger partial charge on any atom is 0.243 e. The molecule has 7 heteroatoms. The predicted octanol–water partition coefficient (Wildman–Crippen LogP) is 3.32. The molecular formula is C21H22N2O4S. The van der Waals surface area contributed by atoms with E-state index in [-0.39, 0.29) is 16.2 Å². The maximum atomic E-state index is 13.3. The van der Waals surface area contributed by atoms with Crippen LogP contribution in [0.1, 0.15) is 45.8 Å². The van der Waals surface area contributed by atoms with Gasteiger partial charge in [-0.05, 0) is 36.8 Å². The van der Waals surface area contributed by atoms with E-state index in [9.17, 15) is 18.0 Å². The summed E-state index contributed by atoms with van der Waals surface area (Å²) in [7, 11) is -3.67. The summed E-state index contributed by atoms with van der Waals surface area (Å²) in [6, 6.07) is 11.4. The minimum Gasteiger partial charge on any atom is -0.313 e. The summed E-state index contributed by atoms with van der Waals surface area (Å²) in [5, 5.41) is 0. The van der Waals surface area contributed by atoms with E-state index in [1.165, 1.54) is 16.4 Å². The van der Waals surface area contributed by atoms with E-state index < -0.39 is 10.0 Å². The molecule has 0 saturated carbocycles. The molecule has 0 aliphatic carbocycles. The highest BCUT2D eigenvalue weighted by Gasteiger charge is 2.25. The summed E-state index contributed by atoms with van der Waals surface area (Å²) in [5.74, 6) is -0.330. The second kappa shape index (κ2) is 7.69. The molecule has 0 fully saturated rings. The molecule has 0 N–H and O–H groups in total. The molecule has 1 aromatic carbocycles. The van der Waals surface area contributed by atoms with Crippen molar-refractivity contribution in [2.24, 2.45) is 0 Å². The third kappa shape index (κ3) is 3.16. The van der Waals surface area contributed by atoms with Gasteiger partial charge in [0.05, 0.1) is 16.1 Å². The van der Waals surface area contributed by atoms with E-state index in [4.69, 9.17) is 0 Å². The quantitative estimate of drug-likeness (QED) is 0.452. The van der Waals surface area contributed by atoms with Crippen molar-refractivity contribution < 1.29 is 18.0 Å². The van der Waals surface area contributed by atoms with Crippen LogP contribution in [0.15, 0.2) is 53.6 Å².